The van der Waals surface area contributed by atoms with Crippen LogP contribution in [0, 0.1) is 0 Å². The number of benzene rings is 1. The number of aromatic nitrogens is 2. The van der Waals surface area contributed by atoms with Crippen molar-refractivity contribution < 1.29 is 9.53 Å². The molecule has 0 saturated carbocycles. The normalized spacial score (nSPS) is 11.3. The topological polar surface area (TPSA) is 90.1 Å². The summed E-state index contributed by atoms with van der Waals surface area (Å²) in [7, 11) is 1.61. The van der Waals surface area contributed by atoms with Crippen LogP contribution >= 0.6 is 23.7 Å². The van der Waals surface area contributed by atoms with E-state index in [9.17, 15) is 4.79 Å². The number of nitrogens with one attached hydrogen (secondary N) is 1. The summed E-state index contributed by atoms with van der Waals surface area (Å²) in [6.45, 7) is 1.61. The predicted molar refractivity (Wildman–Crippen MR) is 81.4 cm³/mol. The molecule has 1 unspecified atom stereocenters. The van der Waals surface area contributed by atoms with Crippen molar-refractivity contribution >= 4 is 34.8 Å². The maximum Gasteiger partial charge on any atom is 0.242 e. The first-order chi connectivity index (χ1) is 9.10. The van der Waals surface area contributed by atoms with Gasteiger partial charge in [0.25, 0.3) is 0 Å². The van der Waals surface area contributed by atoms with Crippen molar-refractivity contribution in [3.63, 3.8) is 0 Å². The van der Waals surface area contributed by atoms with Crippen LogP contribution in [0.1, 0.15) is 6.92 Å². The number of carbonyl (C=O) groups is 1. The third-order valence-electron chi connectivity index (χ3n) is 2.41. The number of rotatable bonds is 4. The molecule has 0 fully saturated rings. The molecule has 1 aromatic carbocycles. The Bertz CT molecular complexity index is 571. The van der Waals surface area contributed by atoms with Gasteiger partial charge in [0, 0.05) is 5.56 Å². The van der Waals surface area contributed by atoms with Crippen LogP contribution in [0.25, 0.3) is 10.6 Å². The summed E-state index contributed by atoms with van der Waals surface area (Å²) in [6, 6.07) is 6.88. The molecule has 8 heteroatoms. The molecule has 1 amide bonds. The van der Waals surface area contributed by atoms with Crippen molar-refractivity contribution in [3.8, 4) is 16.3 Å². The van der Waals surface area contributed by atoms with Gasteiger partial charge in [-0.3, -0.25) is 10.1 Å². The summed E-state index contributed by atoms with van der Waals surface area (Å²) in [5.74, 6) is 0.496. The fraction of sp³-hybridized carbons (Fsp3) is 0.250. The highest BCUT2D eigenvalue weighted by molar-refractivity contribution is 7.18. The van der Waals surface area contributed by atoms with E-state index in [1.807, 2.05) is 24.3 Å². The van der Waals surface area contributed by atoms with E-state index in [0.29, 0.717) is 5.13 Å². The van der Waals surface area contributed by atoms with Crippen LogP contribution in [0.15, 0.2) is 24.3 Å². The molecule has 1 aromatic heterocycles. The quantitative estimate of drug-likeness (QED) is 0.900. The number of amides is 1. The Morgan fingerprint density at radius 2 is 2.00 bits per heavy atom. The molecular weight excluding hydrogens is 300 g/mol. The molecule has 108 valence electrons. The molecule has 2 aromatic rings. The van der Waals surface area contributed by atoms with Gasteiger partial charge in [0.1, 0.15) is 10.8 Å². The number of halogens is 1. The van der Waals surface area contributed by atoms with Crippen molar-refractivity contribution in [1.29, 1.82) is 0 Å². The maximum absolute atomic E-state index is 11.4. The molecule has 0 aliphatic carbocycles. The van der Waals surface area contributed by atoms with E-state index in [1.54, 1.807) is 14.0 Å². The van der Waals surface area contributed by atoms with E-state index < -0.39 is 6.04 Å². The van der Waals surface area contributed by atoms with E-state index in [-0.39, 0.29) is 18.3 Å². The van der Waals surface area contributed by atoms with Crippen LogP contribution in [0.2, 0.25) is 0 Å². The Kier molecular flexibility index (Phi) is 5.87. The zero-order valence-corrected chi connectivity index (χ0v) is 12.6. The third-order valence-corrected chi connectivity index (χ3v) is 3.29. The van der Waals surface area contributed by atoms with Gasteiger partial charge in [-0.25, -0.2) is 0 Å². The van der Waals surface area contributed by atoms with Crippen LogP contribution < -0.4 is 15.8 Å². The first-order valence-corrected chi connectivity index (χ1v) is 6.46. The Morgan fingerprint density at radius 1 is 1.35 bits per heavy atom. The Morgan fingerprint density at radius 3 is 2.55 bits per heavy atom. The minimum absolute atomic E-state index is 0. The number of methoxy groups -OCH3 is 1. The summed E-state index contributed by atoms with van der Waals surface area (Å²) in [6.07, 6.45) is 0. The number of hydrogen-bond acceptors (Lipinski definition) is 6. The summed E-state index contributed by atoms with van der Waals surface area (Å²) in [5.41, 5.74) is 6.38. The van der Waals surface area contributed by atoms with E-state index in [0.717, 1.165) is 16.3 Å². The zero-order valence-electron chi connectivity index (χ0n) is 11.0. The summed E-state index contributed by atoms with van der Waals surface area (Å²) in [4.78, 5) is 11.4. The molecule has 0 aliphatic heterocycles. The van der Waals surface area contributed by atoms with Gasteiger partial charge in [-0.15, -0.1) is 22.6 Å². The minimum Gasteiger partial charge on any atom is -0.497 e. The Labute approximate surface area is 126 Å². The second-order valence-electron chi connectivity index (χ2n) is 3.92. The zero-order chi connectivity index (χ0) is 13.8. The SMILES string of the molecule is COc1ccc(-c2nnc(NC(=O)C(C)N)s2)cc1.Cl. The third kappa shape index (κ3) is 3.89. The second-order valence-corrected chi connectivity index (χ2v) is 4.90. The summed E-state index contributed by atoms with van der Waals surface area (Å²) >= 11 is 1.29. The smallest absolute Gasteiger partial charge is 0.242 e. The average molecular weight is 315 g/mol. The lowest BCUT2D eigenvalue weighted by Crippen LogP contribution is -2.32. The lowest BCUT2D eigenvalue weighted by molar-refractivity contribution is -0.117. The van der Waals surface area contributed by atoms with Crippen molar-refractivity contribution in [3.05, 3.63) is 24.3 Å². The first kappa shape index (κ1) is 16.4. The van der Waals surface area contributed by atoms with Crippen LogP contribution in [0.4, 0.5) is 5.13 Å². The number of ether oxygens (including phenoxy) is 1. The van der Waals surface area contributed by atoms with Crippen LogP contribution in [0.3, 0.4) is 0 Å². The van der Waals surface area contributed by atoms with Crippen molar-refractivity contribution in [2.24, 2.45) is 5.73 Å². The van der Waals surface area contributed by atoms with Gasteiger partial charge in [0.2, 0.25) is 11.0 Å². The van der Waals surface area contributed by atoms with E-state index >= 15 is 0 Å². The van der Waals surface area contributed by atoms with E-state index in [1.165, 1.54) is 11.3 Å². The number of hydrogen-bond donors (Lipinski definition) is 2. The lowest BCUT2D eigenvalue weighted by atomic mass is 10.2. The number of nitrogens with zero attached hydrogens (tertiary/aromatic N) is 2. The molecular formula is C12H15ClN4O2S. The van der Waals surface area contributed by atoms with Crippen LogP contribution in [-0.2, 0) is 4.79 Å². The van der Waals surface area contributed by atoms with Gasteiger partial charge in [-0.05, 0) is 31.2 Å². The summed E-state index contributed by atoms with van der Waals surface area (Å²) < 4.78 is 5.09. The van der Waals surface area contributed by atoms with E-state index in [2.05, 4.69) is 15.5 Å². The molecule has 0 saturated heterocycles. The van der Waals surface area contributed by atoms with Gasteiger partial charge in [0.15, 0.2) is 0 Å². The van der Waals surface area contributed by atoms with Gasteiger partial charge >= 0.3 is 0 Å². The number of nitrogens with two attached hydrogens (primary N) is 1. The molecule has 1 heterocycles. The maximum atomic E-state index is 11.4. The Hall–Kier alpha value is -1.70. The highest BCUT2D eigenvalue weighted by atomic mass is 35.5. The monoisotopic (exact) mass is 314 g/mol. The highest BCUT2D eigenvalue weighted by Gasteiger charge is 2.12. The molecule has 6 nitrogen and oxygen atoms in total. The average Bonchev–Trinajstić information content (AvgIpc) is 2.87. The van der Waals surface area contributed by atoms with Crippen LogP contribution in [-0.4, -0.2) is 29.3 Å². The van der Waals surface area contributed by atoms with E-state index in [4.69, 9.17) is 10.5 Å². The number of carbonyl (C=O) groups excluding carboxylic acids is 1. The second kappa shape index (κ2) is 7.18. The standard InChI is InChI=1S/C12H14N4O2S.ClH/c1-7(13)10(17)14-12-16-15-11(19-12)8-3-5-9(18-2)6-4-8;/h3-7H,13H2,1-2H3,(H,14,16,17);1H. The van der Waals surface area contributed by atoms with Crippen LogP contribution in [0.5, 0.6) is 5.75 Å². The van der Waals surface area contributed by atoms with Crippen molar-refractivity contribution in [2.45, 2.75) is 13.0 Å². The molecule has 0 spiro atoms. The van der Waals surface area contributed by atoms with Crippen molar-refractivity contribution in [1.82, 2.24) is 10.2 Å². The molecule has 2 rings (SSSR count). The fourth-order valence-corrected chi connectivity index (χ4v) is 2.10. The molecule has 20 heavy (non-hydrogen) atoms. The molecule has 0 bridgehead atoms. The molecule has 3 N–H and O–H groups in total. The lowest BCUT2D eigenvalue weighted by Gasteiger charge is -2.02. The van der Waals surface area contributed by atoms with Gasteiger partial charge in [-0.1, -0.05) is 11.3 Å². The molecule has 0 aliphatic rings. The fourth-order valence-electron chi connectivity index (χ4n) is 1.34. The largest absolute Gasteiger partial charge is 0.497 e. The Balaban J connectivity index is 0.00000200. The molecule has 0 radical (unpaired) electrons. The predicted octanol–water partition coefficient (Wildman–Crippen LogP) is 1.92. The van der Waals surface area contributed by atoms with Crippen molar-refractivity contribution in [2.75, 3.05) is 12.4 Å². The number of anilines is 1. The molecule has 1 atom stereocenters. The first-order valence-electron chi connectivity index (χ1n) is 5.64. The minimum atomic E-state index is -0.576. The highest BCUT2D eigenvalue weighted by Crippen LogP contribution is 2.27. The van der Waals surface area contributed by atoms with Gasteiger partial charge in [-0.2, -0.15) is 0 Å². The van der Waals surface area contributed by atoms with Gasteiger partial charge < -0.3 is 10.5 Å². The summed E-state index contributed by atoms with van der Waals surface area (Å²) in [5, 5.41) is 11.7. The van der Waals surface area contributed by atoms with Gasteiger partial charge in [0.05, 0.1) is 13.2 Å².